The number of nitrogens with zero attached hydrogens (tertiary/aromatic N) is 1. The first-order valence-electron chi connectivity index (χ1n) is 8.23. The Balaban J connectivity index is 2.07. The molecule has 0 amide bonds. The van der Waals surface area contributed by atoms with Crippen molar-refractivity contribution in [1.29, 1.82) is 0 Å². The number of hydrogen-bond donors (Lipinski definition) is 1. The van der Waals surface area contributed by atoms with Crippen LogP contribution in [0.4, 0.5) is 0 Å². The molecule has 2 aliphatic rings. The highest BCUT2D eigenvalue weighted by Gasteiger charge is 2.40. The molecule has 0 spiro atoms. The first kappa shape index (κ1) is 15.3. The van der Waals surface area contributed by atoms with Crippen molar-refractivity contribution in [2.75, 3.05) is 6.54 Å². The van der Waals surface area contributed by atoms with Crippen molar-refractivity contribution in [2.24, 2.45) is 17.3 Å². The van der Waals surface area contributed by atoms with Crippen LogP contribution in [0.15, 0.2) is 0 Å². The van der Waals surface area contributed by atoms with Crippen molar-refractivity contribution in [3.05, 3.63) is 0 Å². The quantitative estimate of drug-likeness (QED) is 0.783. The standard InChI is InChI=1S/C17H33NO/c1-12-6-7-13(2)18(11-12)15-10-14(17(3,4)5)8-9-16(15)19/h12-16,19H,6-11H2,1-5H3. The summed E-state index contributed by atoms with van der Waals surface area (Å²) >= 11 is 0. The number of hydrogen-bond acceptors (Lipinski definition) is 2. The molecule has 0 aromatic heterocycles. The van der Waals surface area contributed by atoms with Crippen molar-refractivity contribution in [3.63, 3.8) is 0 Å². The van der Waals surface area contributed by atoms with E-state index < -0.39 is 0 Å². The summed E-state index contributed by atoms with van der Waals surface area (Å²) in [5.41, 5.74) is 0.378. The van der Waals surface area contributed by atoms with E-state index in [1.807, 2.05) is 0 Å². The van der Waals surface area contributed by atoms with Gasteiger partial charge in [0, 0.05) is 18.6 Å². The van der Waals surface area contributed by atoms with Crippen LogP contribution >= 0.6 is 0 Å². The molecule has 1 saturated heterocycles. The van der Waals surface area contributed by atoms with Gasteiger partial charge >= 0.3 is 0 Å². The molecule has 0 aromatic carbocycles. The fraction of sp³-hybridized carbons (Fsp3) is 1.00. The number of rotatable bonds is 1. The minimum Gasteiger partial charge on any atom is -0.391 e. The van der Waals surface area contributed by atoms with Gasteiger partial charge in [0.05, 0.1) is 6.10 Å². The topological polar surface area (TPSA) is 23.5 Å². The van der Waals surface area contributed by atoms with Gasteiger partial charge < -0.3 is 5.11 Å². The first-order chi connectivity index (χ1) is 8.79. The highest BCUT2D eigenvalue weighted by atomic mass is 16.3. The molecule has 1 N–H and O–H groups in total. The Morgan fingerprint density at radius 3 is 2.32 bits per heavy atom. The normalized spacial score (nSPS) is 42.3. The van der Waals surface area contributed by atoms with E-state index in [4.69, 9.17) is 0 Å². The van der Waals surface area contributed by atoms with Crippen LogP contribution in [-0.2, 0) is 0 Å². The van der Waals surface area contributed by atoms with Crippen LogP contribution in [0.5, 0.6) is 0 Å². The Bertz CT molecular complexity index is 296. The van der Waals surface area contributed by atoms with E-state index in [2.05, 4.69) is 39.5 Å². The predicted octanol–water partition coefficient (Wildman–Crippen LogP) is 3.68. The second-order valence-corrected chi connectivity index (χ2v) is 8.24. The zero-order valence-electron chi connectivity index (χ0n) is 13.5. The zero-order chi connectivity index (χ0) is 14.2. The van der Waals surface area contributed by atoms with E-state index >= 15 is 0 Å². The fourth-order valence-corrected chi connectivity index (χ4v) is 4.06. The van der Waals surface area contributed by atoms with Crippen LogP contribution in [0.1, 0.15) is 66.7 Å². The highest BCUT2D eigenvalue weighted by molar-refractivity contribution is 4.93. The van der Waals surface area contributed by atoms with Crippen molar-refractivity contribution in [1.82, 2.24) is 4.90 Å². The predicted molar refractivity (Wildman–Crippen MR) is 81.2 cm³/mol. The zero-order valence-corrected chi connectivity index (χ0v) is 13.5. The summed E-state index contributed by atoms with van der Waals surface area (Å²) in [7, 11) is 0. The minimum atomic E-state index is -0.105. The molecule has 5 unspecified atom stereocenters. The average Bonchev–Trinajstić information content (AvgIpc) is 2.32. The second-order valence-electron chi connectivity index (χ2n) is 8.24. The van der Waals surface area contributed by atoms with Gasteiger partial charge in [-0.25, -0.2) is 0 Å². The van der Waals surface area contributed by atoms with Gasteiger partial charge in [-0.2, -0.15) is 0 Å². The van der Waals surface area contributed by atoms with Gasteiger partial charge in [-0.05, 0) is 56.3 Å². The van der Waals surface area contributed by atoms with Crippen molar-refractivity contribution in [3.8, 4) is 0 Å². The Morgan fingerprint density at radius 1 is 1.00 bits per heavy atom. The van der Waals surface area contributed by atoms with E-state index in [0.717, 1.165) is 18.3 Å². The van der Waals surface area contributed by atoms with E-state index in [9.17, 15) is 5.11 Å². The van der Waals surface area contributed by atoms with Crippen molar-refractivity contribution < 1.29 is 5.11 Å². The molecular formula is C17H33NO. The summed E-state index contributed by atoms with van der Waals surface area (Å²) in [6, 6.07) is 1.05. The molecule has 1 heterocycles. The van der Waals surface area contributed by atoms with Crippen LogP contribution < -0.4 is 0 Å². The third-order valence-corrected chi connectivity index (χ3v) is 5.60. The van der Waals surface area contributed by atoms with E-state index in [1.54, 1.807) is 0 Å². The molecule has 2 nitrogen and oxygen atoms in total. The second kappa shape index (κ2) is 5.73. The summed E-state index contributed by atoms with van der Waals surface area (Å²) in [5.74, 6) is 1.55. The SMILES string of the molecule is CC1CCC(C)N(C2CC(C(C)(C)C)CCC2O)C1. The van der Waals surface area contributed by atoms with Gasteiger partial charge in [0.25, 0.3) is 0 Å². The maximum Gasteiger partial charge on any atom is 0.0695 e. The van der Waals surface area contributed by atoms with Gasteiger partial charge in [0.1, 0.15) is 0 Å². The van der Waals surface area contributed by atoms with E-state index in [0.29, 0.717) is 17.5 Å². The summed E-state index contributed by atoms with van der Waals surface area (Å²) in [4.78, 5) is 2.62. The smallest absolute Gasteiger partial charge is 0.0695 e. The molecule has 1 saturated carbocycles. The van der Waals surface area contributed by atoms with Crippen molar-refractivity contribution in [2.45, 2.75) is 84.9 Å². The number of aliphatic hydroxyl groups excluding tert-OH is 1. The third kappa shape index (κ3) is 3.52. The monoisotopic (exact) mass is 267 g/mol. The molecule has 0 radical (unpaired) electrons. The average molecular weight is 267 g/mol. The lowest BCUT2D eigenvalue weighted by molar-refractivity contribution is -0.0479. The molecule has 1 aliphatic heterocycles. The molecule has 19 heavy (non-hydrogen) atoms. The van der Waals surface area contributed by atoms with Crippen molar-refractivity contribution >= 4 is 0 Å². The highest BCUT2D eigenvalue weighted by Crippen LogP contribution is 2.41. The van der Waals surface area contributed by atoms with Crippen LogP contribution in [0.2, 0.25) is 0 Å². The fourth-order valence-electron chi connectivity index (χ4n) is 4.06. The van der Waals surface area contributed by atoms with Crippen LogP contribution in [0.3, 0.4) is 0 Å². The lowest BCUT2D eigenvalue weighted by atomic mass is 9.69. The molecular weight excluding hydrogens is 234 g/mol. The molecule has 5 atom stereocenters. The molecule has 2 fully saturated rings. The maximum atomic E-state index is 10.5. The van der Waals surface area contributed by atoms with E-state index in [-0.39, 0.29) is 6.10 Å². The van der Waals surface area contributed by atoms with Gasteiger partial charge in [0.15, 0.2) is 0 Å². The van der Waals surface area contributed by atoms with Gasteiger partial charge in [-0.15, -0.1) is 0 Å². The molecule has 0 bridgehead atoms. The van der Waals surface area contributed by atoms with Crippen LogP contribution in [-0.4, -0.2) is 34.7 Å². The largest absolute Gasteiger partial charge is 0.391 e. The molecule has 2 heteroatoms. The summed E-state index contributed by atoms with van der Waals surface area (Å²) in [6.45, 7) is 13.0. The summed E-state index contributed by atoms with van der Waals surface area (Å²) in [6.07, 6.45) is 5.91. The molecule has 112 valence electrons. The third-order valence-electron chi connectivity index (χ3n) is 5.60. The van der Waals surface area contributed by atoms with Gasteiger partial charge in [-0.1, -0.05) is 27.7 Å². The molecule has 0 aromatic rings. The molecule has 1 aliphatic carbocycles. The maximum absolute atomic E-state index is 10.5. The first-order valence-corrected chi connectivity index (χ1v) is 8.23. The Morgan fingerprint density at radius 2 is 1.68 bits per heavy atom. The van der Waals surface area contributed by atoms with E-state index in [1.165, 1.54) is 32.2 Å². The minimum absolute atomic E-state index is 0.105. The summed E-state index contributed by atoms with van der Waals surface area (Å²) in [5, 5.41) is 10.5. The van der Waals surface area contributed by atoms with Gasteiger partial charge in [-0.3, -0.25) is 4.90 Å². The lowest BCUT2D eigenvalue weighted by Gasteiger charge is -2.49. The van der Waals surface area contributed by atoms with Crippen LogP contribution in [0.25, 0.3) is 0 Å². The van der Waals surface area contributed by atoms with Crippen LogP contribution in [0, 0.1) is 17.3 Å². The summed E-state index contributed by atoms with van der Waals surface area (Å²) < 4.78 is 0. The van der Waals surface area contributed by atoms with Gasteiger partial charge in [0.2, 0.25) is 0 Å². The number of aliphatic hydroxyl groups is 1. The Kier molecular flexibility index (Phi) is 4.62. The lowest BCUT2D eigenvalue weighted by Crippen LogP contribution is -2.55. The molecule has 2 rings (SSSR count). The number of likely N-dealkylation sites (tertiary alicyclic amines) is 1. The number of piperidine rings is 1. The Hall–Kier alpha value is -0.0800. The Labute approximate surface area is 119 Å².